The van der Waals surface area contributed by atoms with Crippen molar-refractivity contribution in [1.29, 1.82) is 0 Å². The number of hydrogen-bond donors (Lipinski definition) is 1. The van der Waals surface area contributed by atoms with Crippen molar-refractivity contribution in [2.24, 2.45) is 5.14 Å². The van der Waals surface area contributed by atoms with E-state index in [1.54, 1.807) is 0 Å². The van der Waals surface area contributed by atoms with Crippen LogP contribution in [-0.4, -0.2) is 28.2 Å². The average molecular weight is 387 g/mol. The molecule has 0 saturated carbocycles. The molecule has 136 valence electrons. The van der Waals surface area contributed by atoms with Gasteiger partial charge in [-0.05, 0) is 36.4 Å². The van der Waals surface area contributed by atoms with Gasteiger partial charge in [-0.1, -0.05) is 0 Å². The van der Waals surface area contributed by atoms with Crippen LogP contribution in [0.15, 0.2) is 47.5 Å². The van der Waals surface area contributed by atoms with Crippen molar-refractivity contribution in [1.82, 2.24) is 19.7 Å². The van der Waals surface area contributed by atoms with Gasteiger partial charge in [0.15, 0.2) is 11.6 Å². The van der Waals surface area contributed by atoms with Gasteiger partial charge in [0.05, 0.1) is 0 Å². The van der Waals surface area contributed by atoms with Crippen molar-refractivity contribution >= 4 is 10.0 Å². The van der Waals surface area contributed by atoms with Gasteiger partial charge < -0.3 is 0 Å². The van der Waals surface area contributed by atoms with Gasteiger partial charge in [-0.15, -0.1) is 5.10 Å². The van der Waals surface area contributed by atoms with Gasteiger partial charge >= 0.3 is 6.18 Å². The van der Waals surface area contributed by atoms with E-state index in [9.17, 15) is 26.0 Å². The molecule has 0 unspecified atom stereocenters. The number of nitrogens with zero attached hydrogens (tertiary/aromatic N) is 4. The predicted molar refractivity (Wildman–Crippen MR) is 80.9 cm³/mol. The number of sulfonamides is 1. The molecule has 2 aromatic heterocycles. The zero-order valence-electron chi connectivity index (χ0n) is 12.6. The van der Waals surface area contributed by atoms with E-state index in [2.05, 4.69) is 15.1 Å². The minimum atomic E-state index is -4.82. The maximum absolute atomic E-state index is 13.1. The first kappa shape index (κ1) is 17.9. The standard InChI is InChI=1S/C14H9F4N5O2S/c15-9-3-1-8(2-4-9)12-21-13(14(16,17)18)22-23(12)11-6-5-10(7-20-11)26(19,24)25/h1-7H,(H2,19,24,25). The maximum Gasteiger partial charge on any atom is 0.453 e. The SMILES string of the molecule is NS(=O)(=O)c1ccc(-n2nc(C(F)(F)F)nc2-c2ccc(F)cc2)nc1. The second kappa shape index (κ2) is 6.14. The summed E-state index contributed by atoms with van der Waals surface area (Å²) in [5.41, 5.74) is 0.159. The molecular weight excluding hydrogens is 378 g/mol. The monoisotopic (exact) mass is 387 g/mol. The molecule has 0 fully saturated rings. The zero-order chi connectivity index (χ0) is 19.1. The lowest BCUT2D eigenvalue weighted by molar-refractivity contribution is -0.144. The zero-order valence-corrected chi connectivity index (χ0v) is 13.5. The lowest BCUT2D eigenvalue weighted by Gasteiger charge is -2.06. The van der Waals surface area contributed by atoms with E-state index < -0.39 is 27.8 Å². The van der Waals surface area contributed by atoms with Gasteiger partial charge in [0.25, 0.3) is 5.82 Å². The molecule has 7 nitrogen and oxygen atoms in total. The Kier molecular flexibility index (Phi) is 4.24. The molecule has 0 aliphatic heterocycles. The van der Waals surface area contributed by atoms with E-state index in [0.717, 1.165) is 35.1 Å². The first-order valence-corrected chi connectivity index (χ1v) is 8.40. The fourth-order valence-corrected chi connectivity index (χ4v) is 2.50. The van der Waals surface area contributed by atoms with E-state index in [1.807, 2.05) is 0 Å². The molecule has 3 rings (SSSR count). The molecule has 0 spiro atoms. The van der Waals surface area contributed by atoms with Crippen LogP contribution < -0.4 is 5.14 Å². The first-order valence-electron chi connectivity index (χ1n) is 6.85. The molecule has 1 aromatic carbocycles. The van der Waals surface area contributed by atoms with Gasteiger partial charge in [-0.3, -0.25) is 0 Å². The van der Waals surface area contributed by atoms with Gasteiger partial charge in [0.2, 0.25) is 10.0 Å². The Morgan fingerprint density at radius 2 is 1.69 bits per heavy atom. The summed E-state index contributed by atoms with van der Waals surface area (Å²) in [6.07, 6.45) is -3.94. The van der Waals surface area contributed by atoms with Crippen LogP contribution in [0.25, 0.3) is 17.2 Å². The van der Waals surface area contributed by atoms with E-state index in [1.165, 1.54) is 12.1 Å². The molecular formula is C14H9F4N5O2S. The highest BCUT2D eigenvalue weighted by Crippen LogP contribution is 2.30. The summed E-state index contributed by atoms with van der Waals surface area (Å²) in [4.78, 5) is 6.91. The highest BCUT2D eigenvalue weighted by molar-refractivity contribution is 7.89. The highest BCUT2D eigenvalue weighted by atomic mass is 32.2. The Bertz CT molecular complexity index is 1040. The van der Waals surface area contributed by atoms with Crippen molar-refractivity contribution in [2.45, 2.75) is 11.1 Å². The summed E-state index contributed by atoms with van der Waals surface area (Å²) in [7, 11) is -4.02. The molecule has 0 atom stereocenters. The number of primary sulfonamides is 1. The number of alkyl halides is 3. The summed E-state index contributed by atoms with van der Waals surface area (Å²) < 4.78 is 75.3. The second-order valence-electron chi connectivity index (χ2n) is 5.07. The molecule has 0 aliphatic rings. The fraction of sp³-hybridized carbons (Fsp3) is 0.0714. The molecule has 0 saturated heterocycles. The van der Waals surface area contributed by atoms with E-state index >= 15 is 0 Å². The van der Waals surface area contributed by atoms with Crippen LogP contribution >= 0.6 is 0 Å². The third kappa shape index (κ3) is 3.55. The number of rotatable bonds is 3. The Hall–Kier alpha value is -2.86. The third-order valence-corrected chi connectivity index (χ3v) is 4.13. The Balaban J connectivity index is 2.16. The summed E-state index contributed by atoms with van der Waals surface area (Å²) in [5, 5.41) is 8.34. The molecule has 0 aliphatic carbocycles. The Morgan fingerprint density at radius 3 is 2.19 bits per heavy atom. The molecule has 12 heteroatoms. The fourth-order valence-electron chi connectivity index (χ4n) is 2.04. The molecule has 26 heavy (non-hydrogen) atoms. The number of benzene rings is 1. The number of hydrogen-bond acceptors (Lipinski definition) is 5. The summed E-state index contributed by atoms with van der Waals surface area (Å²) in [5.74, 6) is -2.37. The first-order chi connectivity index (χ1) is 12.1. The number of halogens is 4. The van der Waals surface area contributed by atoms with Crippen molar-refractivity contribution < 1.29 is 26.0 Å². The molecule has 0 amide bonds. The van der Waals surface area contributed by atoms with Crippen LogP contribution in [0.2, 0.25) is 0 Å². The quantitative estimate of drug-likeness (QED) is 0.694. The van der Waals surface area contributed by atoms with Gasteiger partial charge in [-0.25, -0.2) is 27.9 Å². The number of aromatic nitrogens is 4. The minimum absolute atomic E-state index is 0.125. The van der Waals surface area contributed by atoms with Crippen LogP contribution in [0.4, 0.5) is 17.6 Å². The maximum atomic E-state index is 13.1. The van der Waals surface area contributed by atoms with Crippen molar-refractivity contribution in [3.8, 4) is 17.2 Å². The lowest BCUT2D eigenvalue weighted by atomic mass is 10.2. The predicted octanol–water partition coefficient (Wildman–Crippen LogP) is 2.13. The van der Waals surface area contributed by atoms with Gasteiger partial charge in [0, 0.05) is 11.8 Å². The smallest absolute Gasteiger partial charge is 0.236 e. The second-order valence-corrected chi connectivity index (χ2v) is 6.63. The minimum Gasteiger partial charge on any atom is -0.236 e. The molecule has 0 bridgehead atoms. The normalized spacial score (nSPS) is 12.3. The van der Waals surface area contributed by atoms with Crippen LogP contribution in [0, 0.1) is 5.82 Å². The van der Waals surface area contributed by atoms with E-state index in [-0.39, 0.29) is 22.1 Å². The third-order valence-electron chi connectivity index (χ3n) is 3.23. The van der Waals surface area contributed by atoms with Crippen molar-refractivity contribution in [2.75, 3.05) is 0 Å². The topological polar surface area (TPSA) is 104 Å². The van der Waals surface area contributed by atoms with Crippen molar-refractivity contribution in [3.05, 3.63) is 54.2 Å². The number of nitrogens with two attached hydrogens (primary N) is 1. The highest BCUT2D eigenvalue weighted by Gasteiger charge is 2.37. The lowest BCUT2D eigenvalue weighted by Crippen LogP contribution is -2.13. The van der Waals surface area contributed by atoms with E-state index in [0.29, 0.717) is 0 Å². The molecule has 2 N–H and O–H groups in total. The molecule has 0 radical (unpaired) electrons. The van der Waals surface area contributed by atoms with Crippen LogP contribution in [0.5, 0.6) is 0 Å². The van der Waals surface area contributed by atoms with Crippen LogP contribution in [0.3, 0.4) is 0 Å². The Morgan fingerprint density at radius 1 is 1.04 bits per heavy atom. The average Bonchev–Trinajstić information content (AvgIpc) is 3.00. The van der Waals surface area contributed by atoms with Crippen molar-refractivity contribution in [3.63, 3.8) is 0 Å². The molecule has 2 heterocycles. The Labute approximate surface area is 144 Å². The van der Waals surface area contributed by atoms with Crippen LogP contribution in [0.1, 0.15) is 5.82 Å². The number of pyridine rings is 1. The van der Waals surface area contributed by atoms with E-state index in [4.69, 9.17) is 5.14 Å². The van der Waals surface area contributed by atoms with Gasteiger partial charge in [-0.2, -0.15) is 17.9 Å². The summed E-state index contributed by atoms with van der Waals surface area (Å²) >= 11 is 0. The molecule has 3 aromatic rings. The van der Waals surface area contributed by atoms with Crippen LogP contribution in [-0.2, 0) is 16.2 Å². The summed E-state index contributed by atoms with van der Waals surface area (Å²) in [6.45, 7) is 0. The summed E-state index contributed by atoms with van der Waals surface area (Å²) in [6, 6.07) is 6.77. The van der Waals surface area contributed by atoms with Gasteiger partial charge in [0.1, 0.15) is 10.7 Å². The largest absolute Gasteiger partial charge is 0.453 e.